The molecule has 3 nitrogen and oxygen atoms in total. The number of benzene rings is 2. The van der Waals surface area contributed by atoms with Crippen molar-refractivity contribution in [3.05, 3.63) is 59.7 Å². The second-order valence-electron chi connectivity index (χ2n) is 4.22. The molecule has 0 bridgehead atoms. The van der Waals surface area contributed by atoms with Crippen LogP contribution in [0.15, 0.2) is 52.9 Å². The molecule has 1 aromatic heterocycles. The quantitative estimate of drug-likeness (QED) is 0.647. The van der Waals surface area contributed by atoms with Gasteiger partial charge >= 0.3 is 0 Å². The normalized spacial score (nSPS) is 10.3. The van der Waals surface area contributed by atoms with Crippen molar-refractivity contribution in [2.24, 2.45) is 0 Å². The summed E-state index contributed by atoms with van der Waals surface area (Å²) >= 11 is 0. The van der Waals surface area contributed by atoms with E-state index in [0.717, 1.165) is 22.8 Å². The van der Waals surface area contributed by atoms with Gasteiger partial charge in [-0.1, -0.05) is 18.2 Å². The summed E-state index contributed by atoms with van der Waals surface area (Å²) in [6, 6.07) is 16.5. The van der Waals surface area contributed by atoms with E-state index in [1.165, 1.54) is 0 Å². The minimum atomic E-state index is 0.599. The average Bonchev–Trinajstić information content (AvgIpc) is 2.90. The molecule has 0 aliphatic rings. The van der Waals surface area contributed by atoms with Crippen LogP contribution in [0.4, 0.5) is 0 Å². The number of nitrogens with zero attached hydrogens (tertiary/aromatic N) is 1. The third-order valence-electron chi connectivity index (χ3n) is 2.95. The molecule has 0 radical (unpaired) electrons. The first-order valence-electron chi connectivity index (χ1n) is 5.79. The molecule has 1 heterocycles. The number of nitriles is 1. The van der Waals surface area contributed by atoms with E-state index in [2.05, 4.69) is 6.07 Å². The Morgan fingerprint density at radius 2 is 2.00 bits per heavy atom. The molecule has 3 aromatic rings. The van der Waals surface area contributed by atoms with Crippen LogP contribution in [0.1, 0.15) is 15.9 Å². The standard InChI is InChI=1S/C16H9NO2/c17-9-11-4-5-15-14(6-11)8-16(19-15)13-3-1-2-12(7-13)10-18/h1-8,10H. The number of hydrogen-bond acceptors (Lipinski definition) is 3. The SMILES string of the molecule is N#Cc1ccc2oc(-c3cccc(C=O)c3)cc2c1. The molecular formula is C16H9NO2. The van der Waals surface area contributed by atoms with Gasteiger partial charge in [0.15, 0.2) is 0 Å². The van der Waals surface area contributed by atoms with E-state index in [9.17, 15) is 4.79 Å². The Morgan fingerprint density at radius 3 is 2.79 bits per heavy atom. The van der Waals surface area contributed by atoms with Gasteiger partial charge in [0.25, 0.3) is 0 Å². The highest BCUT2D eigenvalue weighted by molar-refractivity contribution is 5.85. The molecular weight excluding hydrogens is 238 g/mol. The highest BCUT2D eigenvalue weighted by Gasteiger charge is 2.07. The lowest BCUT2D eigenvalue weighted by Crippen LogP contribution is -1.80. The molecule has 0 atom stereocenters. The summed E-state index contributed by atoms with van der Waals surface area (Å²) in [6.07, 6.45) is 0.805. The molecule has 0 fully saturated rings. The highest BCUT2D eigenvalue weighted by atomic mass is 16.3. The van der Waals surface area contributed by atoms with Crippen LogP contribution in [-0.4, -0.2) is 6.29 Å². The predicted molar refractivity (Wildman–Crippen MR) is 71.8 cm³/mol. The van der Waals surface area contributed by atoms with E-state index < -0.39 is 0 Å². The first-order valence-corrected chi connectivity index (χ1v) is 5.79. The molecule has 0 saturated carbocycles. The van der Waals surface area contributed by atoms with Gasteiger partial charge in [-0.3, -0.25) is 4.79 Å². The van der Waals surface area contributed by atoms with Crippen molar-refractivity contribution in [1.29, 1.82) is 5.26 Å². The predicted octanol–water partition coefficient (Wildman–Crippen LogP) is 3.78. The summed E-state index contributed by atoms with van der Waals surface area (Å²) in [5.74, 6) is 0.689. The van der Waals surface area contributed by atoms with Gasteiger partial charge in [0, 0.05) is 16.5 Å². The Hall–Kier alpha value is -2.86. The van der Waals surface area contributed by atoms with Crippen LogP contribution in [0.3, 0.4) is 0 Å². The van der Waals surface area contributed by atoms with Crippen LogP contribution >= 0.6 is 0 Å². The third-order valence-corrected chi connectivity index (χ3v) is 2.95. The van der Waals surface area contributed by atoms with E-state index in [1.54, 1.807) is 30.3 Å². The van der Waals surface area contributed by atoms with Gasteiger partial charge in [0.1, 0.15) is 17.6 Å². The fourth-order valence-corrected chi connectivity index (χ4v) is 2.02. The topological polar surface area (TPSA) is 54.0 Å². The maximum absolute atomic E-state index is 10.8. The van der Waals surface area contributed by atoms with Crippen LogP contribution in [0.25, 0.3) is 22.3 Å². The molecule has 0 spiro atoms. The number of carbonyl (C=O) groups excluding carboxylic acids is 1. The Labute approximate surface area is 109 Å². The minimum absolute atomic E-state index is 0.599. The number of aldehydes is 1. The number of hydrogen-bond donors (Lipinski definition) is 0. The van der Waals surface area contributed by atoms with E-state index >= 15 is 0 Å². The lowest BCUT2D eigenvalue weighted by molar-refractivity contribution is 0.112. The molecule has 0 N–H and O–H groups in total. The fraction of sp³-hybridized carbons (Fsp3) is 0. The van der Waals surface area contributed by atoms with Crippen LogP contribution in [0.2, 0.25) is 0 Å². The van der Waals surface area contributed by atoms with E-state index in [4.69, 9.17) is 9.68 Å². The number of carbonyl (C=O) groups is 1. The molecule has 0 saturated heterocycles. The fourth-order valence-electron chi connectivity index (χ4n) is 2.02. The smallest absolute Gasteiger partial charge is 0.150 e. The van der Waals surface area contributed by atoms with Crippen molar-refractivity contribution in [3.63, 3.8) is 0 Å². The summed E-state index contributed by atoms with van der Waals surface area (Å²) in [7, 11) is 0. The van der Waals surface area contributed by atoms with E-state index in [-0.39, 0.29) is 0 Å². The summed E-state index contributed by atoms with van der Waals surface area (Å²) < 4.78 is 5.73. The van der Waals surface area contributed by atoms with Crippen LogP contribution in [0, 0.1) is 11.3 Å². The molecule has 2 aromatic carbocycles. The van der Waals surface area contributed by atoms with Gasteiger partial charge in [0.05, 0.1) is 11.6 Å². The van der Waals surface area contributed by atoms with Crippen molar-refractivity contribution >= 4 is 17.3 Å². The highest BCUT2D eigenvalue weighted by Crippen LogP contribution is 2.28. The monoisotopic (exact) mass is 247 g/mol. The van der Waals surface area contributed by atoms with Gasteiger partial charge in [-0.15, -0.1) is 0 Å². The van der Waals surface area contributed by atoms with Crippen molar-refractivity contribution in [1.82, 2.24) is 0 Å². The Balaban J connectivity index is 2.15. The Bertz CT molecular complexity index is 809. The lowest BCUT2D eigenvalue weighted by Gasteiger charge is -1.96. The van der Waals surface area contributed by atoms with Gasteiger partial charge in [0.2, 0.25) is 0 Å². The summed E-state index contributed by atoms with van der Waals surface area (Å²) in [4.78, 5) is 10.8. The summed E-state index contributed by atoms with van der Waals surface area (Å²) in [5.41, 5.74) is 2.78. The zero-order valence-corrected chi connectivity index (χ0v) is 9.96. The second kappa shape index (κ2) is 4.43. The van der Waals surface area contributed by atoms with Crippen molar-refractivity contribution in [2.75, 3.05) is 0 Å². The minimum Gasteiger partial charge on any atom is -0.456 e. The van der Waals surface area contributed by atoms with Crippen LogP contribution in [-0.2, 0) is 0 Å². The molecule has 90 valence electrons. The number of rotatable bonds is 2. The Kier molecular flexibility index (Phi) is 2.62. The van der Waals surface area contributed by atoms with Gasteiger partial charge in [-0.05, 0) is 30.3 Å². The van der Waals surface area contributed by atoms with Gasteiger partial charge in [-0.25, -0.2) is 0 Å². The summed E-state index contributed by atoms with van der Waals surface area (Å²) in [5, 5.41) is 9.75. The van der Waals surface area contributed by atoms with Crippen LogP contribution < -0.4 is 0 Å². The maximum Gasteiger partial charge on any atom is 0.150 e. The van der Waals surface area contributed by atoms with E-state index in [0.29, 0.717) is 16.9 Å². The molecule has 0 aliphatic carbocycles. The zero-order chi connectivity index (χ0) is 13.2. The van der Waals surface area contributed by atoms with Crippen molar-refractivity contribution in [2.45, 2.75) is 0 Å². The van der Waals surface area contributed by atoms with Gasteiger partial charge < -0.3 is 4.42 Å². The maximum atomic E-state index is 10.8. The molecule has 0 aliphatic heterocycles. The van der Waals surface area contributed by atoms with Crippen LogP contribution in [0.5, 0.6) is 0 Å². The Morgan fingerprint density at radius 1 is 1.11 bits per heavy atom. The average molecular weight is 247 g/mol. The third kappa shape index (κ3) is 2.00. The molecule has 0 unspecified atom stereocenters. The second-order valence-corrected chi connectivity index (χ2v) is 4.22. The summed E-state index contributed by atoms with van der Waals surface area (Å²) in [6.45, 7) is 0. The lowest BCUT2D eigenvalue weighted by atomic mass is 10.1. The number of furan rings is 1. The molecule has 3 rings (SSSR count). The molecule has 0 amide bonds. The zero-order valence-electron chi connectivity index (χ0n) is 9.96. The molecule has 19 heavy (non-hydrogen) atoms. The number of fused-ring (bicyclic) bond motifs is 1. The first-order chi connectivity index (χ1) is 9.30. The van der Waals surface area contributed by atoms with Crippen molar-refractivity contribution < 1.29 is 9.21 Å². The van der Waals surface area contributed by atoms with Crippen molar-refractivity contribution in [3.8, 4) is 17.4 Å². The van der Waals surface area contributed by atoms with Gasteiger partial charge in [-0.2, -0.15) is 5.26 Å². The van der Waals surface area contributed by atoms with E-state index in [1.807, 2.05) is 18.2 Å². The molecule has 3 heteroatoms. The first kappa shape index (κ1) is 11.2. The largest absolute Gasteiger partial charge is 0.456 e.